The number of rotatable bonds is 5. The fourth-order valence-corrected chi connectivity index (χ4v) is 3.91. The first-order chi connectivity index (χ1) is 13.2. The van der Waals surface area contributed by atoms with Crippen LogP contribution in [0.3, 0.4) is 0 Å². The number of hydrogen-bond acceptors (Lipinski definition) is 5. The average molecular weight is 372 g/mol. The lowest BCUT2D eigenvalue weighted by Gasteiger charge is -2.32. The molecule has 146 valence electrons. The normalized spacial score (nSPS) is 21.3. The Morgan fingerprint density at radius 3 is 2.26 bits per heavy atom. The molecule has 1 aliphatic carbocycles. The number of carbonyl (C=O) groups is 2. The highest BCUT2D eigenvalue weighted by Gasteiger charge is 2.28. The molecule has 4 rings (SSSR count). The van der Waals surface area contributed by atoms with Crippen molar-refractivity contribution in [3.8, 4) is 0 Å². The molecule has 1 aromatic rings. The van der Waals surface area contributed by atoms with E-state index in [1.807, 2.05) is 9.80 Å². The fourth-order valence-electron chi connectivity index (χ4n) is 3.91. The Morgan fingerprint density at radius 2 is 1.63 bits per heavy atom. The summed E-state index contributed by atoms with van der Waals surface area (Å²) in [6.07, 6.45) is 9.12. The van der Waals surface area contributed by atoms with Crippen molar-refractivity contribution in [2.75, 3.05) is 39.4 Å². The Balaban J connectivity index is 1.21. The maximum Gasteiger partial charge on any atom is 0.256 e. The van der Waals surface area contributed by atoms with Crippen LogP contribution < -0.4 is 0 Å². The molecule has 3 heterocycles. The Labute approximate surface area is 160 Å². The second-order valence-corrected chi connectivity index (χ2v) is 7.87. The Morgan fingerprint density at radius 1 is 0.963 bits per heavy atom. The molecule has 3 aliphatic rings. The molecule has 3 fully saturated rings. The molecule has 0 atom stereocenters. The van der Waals surface area contributed by atoms with E-state index in [1.54, 1.807) is 12.4 Å². The zero-order valence-electron chi connectivity index (χ0n) is 15.8. The van der Waals surface area contributed by atoms with Crippen LogP contribution in [0.15, 0.2) is 12.4 Å². The van der Waals surface area contributed by atoms with Gasteiger partial charge in [-0.2, -0.15) is 0 Å². The molecule has 0 radical (unpaired) electrons. The van der Waals surface area contributed by atoms with E-state index in [1.165, 1.54) is 0 Å². The van der Waals surface area contributed by atoms with E-state index in [0.717, 1.165) is 51.0 Å². The lowest BCUT2D eigenvalue weighted by Crippen LogP contribution is -2.41. The van der Waals surface area contributed by atoms with Crippen LogP contribution in [-0.2, 0) is 9.53 Å². The van der Waals surface area contributed by atoms with Gasteiger partial charge in [0, 0.05) is 50.9 Å². The molecule has 7 nitrogen and oxygen atoms in total. The number of nitrogens with zero attached hydrogens (tertiary/aromatic N) is 4. The van der Waals surface area contributed by atoms with E-state index in [0.29, 0.717) is 50.1 Å². The third kappa shape index (κ3) is 4.64. The van der Waals surface area contributed by atoms with E-state index in [4.69, 9.17) is 4.74 Å². The van der Waals surface area contributed by atoms with Crippen molar-refractivity contribution >= 4 is 11.8 Å². The van der Waals surface area contributed by atoms with Crippen molar-refractivity contribution in [1.82, 2.24) is 19.8 Å². The van der Waals surface area contributed by atoms with Crippen LogP contribution in [0.1, 0.15) is 60.6 Å². The molecular weight excluding hydrogens is 344 g/mol. The summed E-state index contributed by atoms with van der Waals surface area (Å²) in [6, 6.07) is 0. The number of carbonyl (C=O) groups excluding carboxylic acids is 2. The molecule has 0 spiro atoms. The molecule has 27 heavy (non-hydrogen) atoms. The monoisotopic (exact) mass is 372 g/mol. The summed E-state index contributed by atoms with van der Waals surface area (Å²) in [4.78, 5) is 37.4. The van der Waals surface area contributed by atoms with Gasteiger partial charge in [-0.25, -0.2) is 9.97 Å². The Kier molecular flexibility index (Phi) is 5.66. The van der Waals surface area contributed by atoms with Crippen LogP contribution in [0.2, 0.25) is 0 Å². The Bertz CT molecular complexity index is 660. The number of likely N-dealkylation sites (tertiary alicyclic amines) is 1. The molecule has 0 bridgehead atoms. The van der Waals surface area contributed by atoms with Crippen LogP contribution in [0, 0.1) is 5.92 Å². The molecule has 0 unspecified atom stereocenters. The van der Waals surface area contributed by atoms with Gasteiger partial charge in [0.05, 0.1) is 18.8 Å². The summed E-state index contributed by atoms with van der Waals surface area (Å²) in [5, 5.41) is 0. The summed E-state index contributed by atoms with van der Waals surface area (Å²) in [7, 11) is 0. The second-order valence-electron chi connectivity index (χ2n) is 7.87. The Hall–Kier alpha value is -2.02. The molecule has 2 aliphatic heterocycles. The van der Waals surface area contributed by atoms with Gasteiger partial charge in [-0.05, 0) is 38.0 Å². The first-order valence-corrected chi connectivity index (χ1v) is 10.2. The molecular formula is C20H28N4O3. The molecule has 0 N–H and O–H groups in total. The predicted octanol–water partition coefficient (Wildman–Crippen LogP) is 1.85. The van der Waals surface area contributed by atoms with Crippen molar-refractivity contribution in [2.45, 2.75) is 44.4 Å². The van der Waals surface area contributed by atoms with E-state index >= 15 is 0 Å². The zero-order chi connectivity index (χ0) is 18.6. The van der Waals surface area contributed by atoms with E-state index in [9.17, 15) is 9.59 Å². The van der Waals surface area contributed by atoms with Crippen molar-refractivity contribution in [1.29, 1.82) is 0 Å². The van der Waals surface area contributed by atoms with Crippen molar-refractivity contribution < 1.29 is 14.3 Å². The lowest BCUT2D eigenvalue weighted by atomic mass is 9.91. The minimum Gasteiger partial charge on any atom is -0.378 e. The van der Waals surface area contributed by atoms with E-state index < -0.39 is 0 Å². The maximum atomic E-state index is 12.6. The molecule has 0 aromatic carbocycles. The zero-order valence-corrected chi connectivity index (χ0v) is 15.8. The summed E-state index contributed by atoms with van der Waals surface area (Å²) < 4.78 is 5.30. The van der Waals surface area contributed by atoms with E-state index in [-0.39, 0.29) is 11.8 Å². The van der Waals surface area contributed by atoms with Crippen molar-refractivity contribution in [2.24, 2.45) is 5.92 Å². The van der Waals surface area contributed by atoms with Gasteiger partial charge in [0.2, 0.25) is 5.91 Å². The summed E-state index contributed by atoms with van der Waals surface area (Å²) >= 11 is 0. The summed E-state index contributed by atoms with van der Waals surface area (Å²) in [5.74, 6) is 2.16. The summed E-state index contributed by atoms with van der Waals surface area (Å²) in [5.41, 5.74) is 0.584. The molecule has 2 amide bonds. The van der Waals surface area contributed by atoms with Crippen LogP contribution in [0.25, 0.3) is 0 Å². The van der Waals surface area contributed by atoms with Gasteiger partial charge in [0.15, 0.2) is 0 Å². The predicted molar refractivity (Wildman–Crippen MR) is 99.3 cm³/mol. The minimum absolute atomic E-state index is 0.0280. The van der Waals surface area contributed by atoms with Gasteiger partial charge in [-0.15, -0.1) is 0 Å². The van der Waals surface area contributed by atoms with Gasteiger partial charge in [0.25, 0.3) is 5.91 Å². The van der Waals surface area contributed by atoms with Crippen LogP contribution in [0.5, 0.6) is 0 Å². The molecule has 1 aromatic heterocycles. The standard InChI is InChI=1S/C20H28N4O3/c25-18(23-9-11-27-12-10-23)4-1-15-5-7-24(8-6-15)20(26)17-13-21-19(22-14-17)16-2-3-16/h13-16H,1-12H2. The van der Waals surface area contributed by atoms with Crippen LogP contribution in [0.4, 0.5) is 0 Å². The van der Waals surface area contributed by atoms with E-state index in [2.05, 4.69) is 9.97 Å². The highest BCUT2D eigenvalue weighted by Crippen LogP contribution is 2.37. The SMILES string of the molecule is O=C(CCC1CCN(C(=O)c2cnc(C3CC3)nc2)CC1)N1CCOCC1. The highest BCUT2D eigenvalue weighted by atomic mass is 16.5. The van der Waals surface area contributed by atoms with Gasteiger partial charge in [-0.1, -0.05) is 0 Å². The molecule has 7 heteroatoms. The smallest absolute Gasteiger partial charge is 0.256 e. The van der Waals surface area contributed by atoms with Crippen molar-refractivity contribution in [3.05, 3.63) is 23.8 Å². The number of morpholine rings is 1. The lowest BCUT2D eigenvalue weighted by molar-refractivity contribution is -0.135. The number of piperidine rings is 1. The van der Waals surface area contributed by atoms with Crippen LogP contribution in [-0.4, -0.2) is 71.0 Å². The number of aromatic nitrogens is 2. The van der Waals surface area contributed by atoms with Gasteiger partial charge in [0.1, 0.15) is 5.82 Å². The largest absolute Gasteiger partial charge is 0.378 e. The quantitative estimate of drug-likeness (QED) is 0.788. The average Bonchev–Trinajstić information content (AvgIpc) is 3.58. The third-order valence-electron chi connectivity index (χ3n) is 5.89. The third-order valence-corrected chi connectivity index (χ3v) is 5.89. The molecule has 2 saturated heterocycles. The van der Waals surface area contributed by atoms with Gasteiger partial charge in [-0.3, -0.25) is 9.59 Å². The summed E-state index contributed by atoms with van der Waals surface area (Å²) in [6.45, 7) is 4.23. The minimum atomic E-state index is 0.0280. The van der Waals surface area contributed by atoms with Crippen LogP contribution >= 0.6 is 0 Å². The first-order valence-electron chi connectivity index (χ1n) is 10.2. The number of amides is 2. The first kappa shape index (κ1) is 18.3. The number of hydrogen-bond donors (Lipinski definition) is 0. The maximum absolute atomic E-state index is 12.6. The molecule has 1 saturated carbocycles. The van der Waals surface area contributed by atoms with Gasteiger partial charge < -0.3 is 14.5 Å². The topological polar surface area (TPSA) is 75.6 Å². The number of ether oxygens (including phenoxy) is 1. The highest BCUT2D eigenvalue weighted by molar-refractivity contribution is 5.93. The second kappa shape index (κ2) is 8.33. The fraction of sp³-hybridized carbons (Fsp3) is 0.700. The van der Waals surface area contributed by atoms with Crippen molar-refractivity contribution in [3.63, 3.8) is 0 Å². The van der Waals surface area contributed by atoms with Gasteiger partial charge >= 0.3 is 0 Å².